The largest absolute Gasteiger partial charge is 1.00 e. The molecule has 0 heterocycles. The predicted molar refractivity (Wildman–Crippen MR) is 25.6 cm³/mol. The molecule has 0 aliphatic rings. The maximum Gasteiger partial charge on any atom is 1.00 e. The van der Waals surface area contributed by atoms with E-state index in [0.29, 0.717) is 5.62 Å². The Kier molecular flexibility index (Phi) is 43.1. The molecule has 0 saturated carbocycles. The summed E-state index contributed by atoms with van der Waals surface area (Å²) in [6.07, 6.45) is 0. The zero-order valence-corrected chi connectivity index (χ0v) is 11.8. The van der Waals surface area contributed by atoms with E-state index in [4.69, 9.17) is 4.79 Å². The maximum atomic E-state index is 9.06. The van der Waals surface area contributed by atoms with Gasteiger partial charge in [-0.15, -0.1) is 11.7 Å². The van der Waals surface area contributed by atoms with Crippen molar-refractivity contribution in [2.75, 3.05) is 0 Å². The summed E-state index contributed by atoms with van der Waals surface area (Å²) in [5.41, 5.74) is 0.656. The van der Waals surface area contributed by atoms with Crippen molar-refractivity contribution >= 4 is 28.1 Å². The third kappa shape index (κ3) is 15.6. The van der Waals surface area contributed by atoms with Crippen LogP contribution in [0.1, 0.15) is 2.85 Å². The van der Waals surface area contributed by atoms with Crippen LogP contribution in [0.25, 0.3) is 0 Å². The number of thiol groups is 1. The fraction of sp³-hybridized carbons (Fsp3) is 0. The molecule has 0 aromatic heterocycles. The molecular weight excluding hydrogens is 170 g/mol. The van der Waals surface area contributed by atoms with Crippen LogP contribution in [0.2, 0.25) is 0 Å². The Morgan fingerprint density at radius 2 is 1.83 bits per heavy atom. The van der Waals surface area contributed by atoms with E-state index in [1.54, 1.807) is 0 Å². The fourth-order valence-corrected chi connectivity index (χ4v) is 0. The molecule has 0 bridgehead atoms. The summed E-state index contributed by atoms with van der Waals surface area (Å²) in [5.74, 6) is 0. The topological polar surface area (TPSA) is 17.1 Å². The average Bonchev–Trinajstić information content (AvgIpc) is 1.37. The van der Waals surface area contributed by atoms with Gasteiger partial charge in [-0.05, 0) is 10.8 Å². The Bertz CT molecular complexity index is 32.0. The third-order valence-corrected chi connectivity index (χ3v) is 0.387. The smallest absolute Gasteiger partial charge is 1.00 e. The van der Waals surface area contributed by atoms with Crippen LogP contribution in [0.5, 0.6) is 0 Å². The minimum absolute atomic E-state index is 0. The average molecular weight is 174 g/mol. The van der Waals surface area contributed by atoms with Crippen molar-refractivity contribution < 1.29 is 110 Å². The van der Waals surface area contributed by atoms with E-state index in [1.165, 1.54) is 0 Å². The van der Waals surface area contributed by atoms with Gasteiger partial charge in [0.25, 0.3) is 0 Å². The third-order valence-electron chi connectivity index (χ3n) is 0.0430. The second-order valence-corrected chi connectivity index (χ2v) is 1.24. The van der Waals surface area contributed by atoms with Crippen molar-refractivity contribution in [2.45, 2.75) is 0 Å². The Morgan fingerprint density at radius 1 is 1.67 bits per heavy atom. The molecule has 0 aromatic carbocycles. The first-order valence-electron chi connectivity index (χ1n) is 0.654. The van der Waals surface area contributed by atoms with Crippen LogP contribution in [-0.2, 0) is 4.79 Å². The molecule has 28 valence electrons. The molecule has 0 fully saturated rings. The van der Waals surface area contributed by atoms with Crippen LogP contribution >= 0.6 is 22.5 Å². The zero-order valence-electron chi connectivity index (χ0n) is 5.84. The van der Waals surface area contributed by atoms with E-state index < -0.39 is 0 Å². The molecule has 0 amide bonds. The monoisotopic (exact) mass is 174 g/mol. The SMILES string of the molecule is O=CSS.[H-].[H-].[K+].[K+]. The van der Waals surface area contributed by atoms with Crippen molar-refractivity contribution in [3.05, 3.63) is 0 Å². The summed E-state index contributed by atoms with van der Waals surface area (Å²) >= 11 is 3.47. The molecule has 0 aliphatic heterocycles. The van der Waals surface area contributed by atoms with Gasteiger partial charge in [-0.3, -0.25) is 4.79 Å². The van der Waals surface area contributed by atoms with E-state index in [-0.39, 0.29) is 106 Å². The van der Waals surface area contributed by atoms with Gasteiger partial charge in [0.2, 0.25) is 0 Å². The van der Waals surface area contributed by atoms with Gasteiger partial charge in [0.1, 0.15) is 0 Å². The standard InChI is InChI=1S/CH2OS2.2K.2H/c2-1-4-3;;;;/h1,3H;;;;/q;2*+1;2*-1. The van der Waals surface area contributed by atoms with Crippen molar-refractivity contribution in [1.29, 1.82) is 0 Å². The molecule has 0 atom stereocenters. The minimum Gasteiger partial charge on any atom is -1.00 e. The van der Waals surface area contributed by atoms with Gasteiger partial charge in [-0.2, -0.15) is 0 Å². The molecule has 0 unspecified atom stereocenters. The van der Waals surface area contributed by atoms with Crippen molar-refractivity contribution in [1.82, 2.24) is 0 Å². The van der Waals surface area contributed by atoms with Crippen LogP contribution in [0.4, 0.5) is 0 Å². The molecule has 6 heavy (non-hydrogen) atoms. The Hall–Kier alpha value is 3.64. The molecular formula is CH4K2OS2. The van der Waals surface area contributed by atoms with Crippen LogP contribution in [-0.4, -0.2) is 5.62 Å². The first-order chi connectivity index (χ1) is 1.91. The van der Waals surface area contributed by atoms with Crippen LogP contribution in [0.3, 0.4) is 0 Å². The van der Waals surface area contributed by atoms with E-state index in [9.17, 15) is 0 Å². The minimum atomic E-state index is 0. The number of rotatable bonds is 1. The number of hydrogen-bond acceptors (Lipinski definition) is 3. The Balaban J connectivity index is -0.00000000750. The van der Waals surface area contributed by atoms with E-state index >= 15 is 0 Å². The van der Waals surface area contributed by atoms with Crippen molar-refractivity contribution in [3.8, 4) is 0 Å². The summed E-state index contributed by atoms with van der Waals surface area (Å²) in [6, 6.07) is 0. The van der Waals surface area contributed by atoms with Crippen molar-refractivity contribution in [2.24, 2.45) is 0 Å². The van der Waals surface area contributed by atoms with E-state index in [0.717, 1.165) is 10.8 Å². The summed E-state index contributed by atoms with van der Waals surface area (Å²) in [7, 11) is 0.870. The van der Waals surface area contributed by atoms with Gasteiger partial charge in [-0.25, -0.2) is 0 Å². The van der Waals surface area contributed by atoms with Gasteiger partial charge in [0.15, 0.2) is 5.62 Å². The zero-order chi connectivity index (χ0) is 3.41. The van der Waals surface area contributed by atoms with Crippen molar-refractivity contribution in [3.63, 3.8) is 0 Å². The predicted octanol–water partition coefficient (Wildman–Crippen LogP) is -5.01. The second-order valence-electron chi connectivity index (χ2n) is 0.202. The first kappa shape index (κ1) is 16.3. The summed E-state index contributed by atoms with van der Waals surface area (Å²) in [5, 5.41) is 0. The summed E-state index contributed by atoms with van der Waals surface area (Å²) in [4.78, 5) is 9.06. The second kappa shape index (κ2) is 15.9. The number of carbonyl (C=O) groups excluding carboxylic acids is 1. The van der Waals surface area contributed by atoms with Crippen LogP contribution in [0.15, 0.2) is 0 Å². The molecule has 0 spiro atoms. The first-order valence-corrected chi connectivity index (χ1v) is 2.59. The van der Waals surface area contributed by atoms with Crippen LogP contribution < -0.4 is 103 Å². The maximum absolute atomic E-state index is 9.06. The van der Waals surface area contributed by atoms with Gasteiger partial charge >= 0.3 is 103 Å². The Labute approximate surface area is 134 Å². The molecule has 0 radical (unpaired) electrons. The number of carbonyl (C=O) groups is 1. The van der Waals surface area contributed by atoms with Gasteiger partial charge < -0.3 is 2.85 Å². The Morgan fingerprint density at radius 3 is 1.83 bits per heavy atom. The molecule has 5 heteroatoms. The van der Waals surface area contributed by atoms with Gasteiger partial charge in [-0.1, -0.05) is 0 Å². The summed E-state index contributed by atoms with van der Waals surface area (Å²) in [6.45, 7) is 0. The molecule has 0 rings (SSSR count). The van der Waals surface area contributed by atoms with Gasteiger partial charge in [0, 0.05) is 0 Å². The molecule has 1 nitrogen and oxygen atoms in total. The number of hydrogen-bond donors (Lipinski definition) is 1. The normalized spacial score (nSPS) is 4.17. The molecule has 0 saturated heterocycles. The van der Waals surface area contributed by atoms with E-state index in [2.05, 4.69) is 11.7 Å². The van der Waals surface area contributed by atoms with Gasteiger partial charge in [0.05, 0.1) is 0 Å². The fourth-order valence-electron chi connectivity index (χ4n) is 0. The molecule has 0 N–H and O–H groups in total. The quantitative estimate of drug-likeness (QED) is 0.186. The van der Waals surface area contributed by atoms with Crippen LogP contribution in [0, 0.1) is 0 Å². The summed E-state index contributed by atoms with van der Waals surface area (Å²) < 4.78 is 0. The van der Waals surface area contributed by atoms with E-state index in [1.807, 2.05) is 0 Å². The molecule has 0 aliphatic carbocycles. The molecule has 0 aromatic rings.